The van der Waals surface area contributed by atoms with Gasteiger partial charge in [0.25, 0.3) is 0 Å². The van der Waals surface area contributed by atoms with E-state index in [4.69, 9.17) is 4.74 Å². The summed E-state index contributed by atoms with van der Waals surface area (Å²) in [4.78, 5) is 4.57. The van der Waals surface area contributed by atoms with Crippen LogP contribution >= 0.6 is 11.3 Å². The molecule has 0 bridgehead atoms. The highest BCUT2D eigenvalue weighted by Gasteiger charge is 2.21. The molecule has 0 amide bonds. The zero-order valence-electron chi connectivity index (χ0n) is 13.3. The summed E-state index contributed by atoms with van der Waals surface area (Å²) in [7, 11) is 0. The van der Waals surface area contributed by atoms with E-state index in [0.717, 1.165) is 16.3 Å². The van der Waals surface area contributed by atoms with Gasteiger partial charge in [-0.15, -0.1) is 11.3 Å². The Kier molecular flexibility index (Phi) is 4.69. The van der Waals surface area contributed by atoms with Crippen LogP contribution in [0.25, 0.3) is 0 Å². The van der Waals surface area contributed by atoms with E-state index in [2.05, 4.69) is 25.8 Å². The summed E-state index contributed by atoms with van der Waals surface area (Å²) in [5, 5.41) is 13.4. The van der Waals surface area contributed by atoms with Crippen LogP contribution in [0.1, 0.15) is 57.0 Å². The van der Waals surface area contributed by atoms with Crippen LogP contribution in [0.4, 0.5) is 0 Å². The van der Waals surface area contributed by atoms with E-state index in [1.807, 2.05) is 43.5 Å². The third-order valence-corrected chi connectivity index (χ3v) is 4.30. The summed E-state index contributed by atoms with van der Waals surface area (Å²) >= 11 is 1.60. The molecule has 1 unspecified atom stereocenters. The Morgan fingerprint density at radius 3 is 2.24 bits per heavy atom. The Morgan fingerprint density at radius 1 is 1.14 bits per heavy atom. The fourth-order valence-corrected chi connectivity index (χ4v) is 2.85. The minimum absolute atomic E-state index is 0.0115. The molecule has 3 nitrogen and oxygen atoms in total. The quantitative estimate of drug-likeness (QED) is 0.915. The number of rotatable bonds is 4. The van der Waals surface area contributed by atoms with E-state index in [9.17, 15) is 5.11 Å². The van der Waals surface area contributed by atoms with Crippen molar-refractivity contribution in [1.29, 1.82) is 0 Å². The van der Waals surface area contributed by atoms with Crippen molar-refractivity contribution in [2.24, 2.45) is 0 Å². The predicted molar refractivity (Wildman–Crippen MR) is 87.1 cm³/mol. The number of benzene rings is 1. The number of aliphatic hydroxyl groups excluding tert-OH is 1. The maximum Gasteiger partial charge on any atom is 0.122 e. The molecule has 2 aromatic rings. The summed E-state index contributed by atoms with van der Waals surface area (Å²) in [6.07, 6.45) is -0.542. The minimum atomic E-state index is -0.689. The van der Waals surface area contributed by atoms with Crippen molar-refractivity contribution in [3.05, 3.63) is 45.9 Å². The second kappa shape index (κ2) is 6.16. The third kappa shape index (κ3) is 4.05. The zero-order chi connectivity index (χ0) is 15.6. The molecular formula is C17H23NO2S. The van der Waals surface area contributed by atoms with Gasteiger partial charge in [0.1, 0.15) is 11.9 Å². The van der Waals surface area contributed by atoms with Crippen LogP contribution in [-0.4, -0.2) is 16.2 Å². The Bertz CT molecular complexity index is 582. The number of aliphatic hydroxyl groups is 1. The molecule has 1 N–H and O–H groups in total. The number of hydrogen-bond donors (Lipinski definition) is 1. The Balaban J connectivity index is 2.16. The molecule has 0 radical (unpaired) electrons. The van der Waals surface area contributed by atoms with Crippen LogP contribution in [0, 0.1) is 0 Å². The normalized spacial score (nSPS) is 13.5. The van der Waals surface area contributed by atoms with Gasteiger partial charge >= 0.3 is 0 Å². The van der Waals surface area contributed by atoms with Gasteiger partial charge in [0.2, 0.25) is 0 Å². The smallest absolute Gasteiger partial charge is 0.122 e. The van der Waals surface area contributed by atoms with Crippen LogP contribution in [0.5, 0.6) is 5.75 Å². The van der Waals surface area contributed by atoms with Crippen molar-refractivity contribution in [1.82, 2.24) is 4.98 Å². The molecule has 0 spiro atoms. The molecule has 0 fully saturated rings. The SMILES string of the molecule is CC(C)Oc1ccc(C(O)c2csc(C(C)(C)C)n2)cc1. The fourth-order valence-electron chi connectivity index (χ4n) is 1.93. The molecule has 1 aromatic carbocycles. The first-order chi connectivity index (χ1) is 9.77. The van der Waals surface area contributed by atoms with Crippen molar-refractivity contribution in [2.75, 3.05) is 0 Å². The molecular weight excluding hydrogens is 282 g/mol. The molecule has 4 heteroatoms. The van der Waals surface area contributed by atoms with Crippen molar-refractivity contribution >= 4 is 11.3 Å². The standard InChI is InChI=1S/C17H23NO2S/c1-11(2)20-13-8-6-12(7-9-13)15(19)14-10-21-16(18-14)17(3,4)5/h6-11,15,19H,1-5H3. The van der Waals surface area contributed by atoms with Gasteiger partial charge in [-0.2, -0.15) is 0 Å². The zero-order valence-corrected chi connectivity index (χ0v) is 14.1. The van der Waals surface area contributed by atoms with Gasteiger partial charge in [0.15, 0.2) is 0 Å². The number of nitrogens with zero attached hydrogens (tertiary/aromatic N) is 1. The van der Waals surface area contributed by atoms with Crippen LogP contribution in [0.15, 0.2) is 29.6 Å². The molecule has 1 heterocycles. The van der Waals surface area contributed by atoms with Crippen LogP contribution in [0.3, 0.4) is 0 Å². The Morgan fingerprint density at radius 2 is 1.76 bits per heavy atom. The van der Waals surface area contributed by atoms with E-state index in [0.29, 0.717) is 5.69 Å². The molecule has 0 aliphatic rings. The first-order valence-corrected chi connectivity index (χ1v) is 8.06. The van der Waals surface area contributed by atoms with Crippen molar-refractivity contribution in [2.45, 2.75) is 52.2 Å². The molecule has 0 aliphatic carbocycles. The van der Waals surface area contributed by atoms with E-state index in [1.165, 1.54) is 0 Å². The van der Waals surface area contributed by atoms with Crippen LogP contribution in [0.2, 0.25) is 0 Å². The molecule has 1 aromatic heterocycles. The summed E-state index contributed by atoms with van der Waals surface area (Å²) in [5.41, 5.74) is 1.55. The summed E-state index contributed by atoms with van der Waals surface area (Å²) in [5.74, 6) is 0.814. The minimum Gasteiger partial charge on any atom is -0.491 e. The van der Waals surface area contributed by atoms with Crippen LogP contribution in [-0.2, 0) is 5.41 Å². The molecule has 114 valence electrons. The largest absolute Gasteiger partial charge is 0.491 e. The monoisotopic (exact) mass is 305 g/mol. The highest BCUT2D eigenvalue weighted by atomic mass is 32.1. The average Bonchev–Trinajstić information content (AvgIpc) is 2.87. The van der Waals surface area contributed by atoms with E-state index >= 15 is 0 Å². The maximum absolute atomic E-state index is 10.4. The topological polar surface area (TPSA) is 42.4 Å². The Labute approximate surface area is 130 Å². The van der Waals surface area contributed by atoms with Crippen LogP contribution < -0.4 is 4.74 Å². The average molecular weight is 305 g/mol. The van der Waals surface area contributed by atoms with Gasteiger partial charge in [0, 0.05) is 10.8 Å². The fraction of sp³-hybridized carbons (Fsp3) is 0.471. The van der Waals surface area contributed by atoms with Crippen molar-refractivity contribution < 1.29 is 9.84 Å². The number of hydrogen-bond acceptors (Lipinski definition) is 4. The van der Waals surface area contributed by atoms with E-state index in [1.54, 1.807) is 11.3 Å². The van der Waals surface area contributed by atoms with Gasteiger partial charge in [0.05, 0.1) is 16.8 Å². The molecule has 0 saturated carbocycles. The van der Waals surface area contributed by atoms with Gasteiger partial charge in [-0.25, -0.2) is 4.98 Å². The highest BCUT2D eigenvalue weighted by molar-refractivity contribution is 7.09. The van der Waals surface area contributed by atoms with E-state index in [-0.39, 0.29) is 11.5 Å². The number of ether oxygens (including phenoxy) is 1. The lowest BCUT2D eigenvalue weighted by molar-refractivity contribution is 0.215. The van der Waals surface area contributed by atoms with Gasteiger partial charge in [-0.3, -0.25) is 0 Å². The molecule has 21 heavy (non-hydrogen) atoms. The Hall–Kier alpha value is -1.39. The third-order valence-electron chi connectivity index (χ3n) is 3.01. The molecule has 0 saturated heterocycles. The van der Waals surface area contributed by atoms with Crippen molar-refractivity contribution in [3.8, 4) is 5.75 Å². The molecule has 1 atom stereocenters. The van der Waals surface area contributed by atoms with E-state index < -0.39 is 6.10 Å². The van der Waals surface area contributed by atoms with Gasteiger partial charge in [-0.05, 0) is 31.5 Å². The summed E-state index contributed by atoms with van der Waals surface area (Å²) in [6, 6.07) is 7.54. The lowest BCUT2D eigenvalue weighted by Crippen LogP contribution is -2.11. The first kappa shape index (κ1) is 16.0. The van der Waals surface area contributed by atoms with Gasteiger partial charge < -0.3 is 9.84 Å². The van der Waals surface area contributed by atoms with Gasteiger partial charge in [-0.1, -0.05) is 32.9 Å². The maximum atomic E-state index is 10.4. The highest BCUT2D eigenvalue weighted by Crippen LogP contribution is 2.30. The predicted octanol–water partition coefficient (Wildman–Crippen LogP) is 4.31. The van der Waals surface area contributed by atoms with Crippen molar-refractivity contribution in [3.63, 3.8) is 0 Å². The lowest BCUT2D eigenvalue weighted by atomic mass is 9.98. The first-order valence-electron chi connectivity index (χ1n) is 7.18. The molecule has 2 rings (SSSR count). The second-order valence-corrected chi connectivity index (χ2v) is 7.32. The number of aromatic nitrogens is 1. The molecule has 0 aliphatic heterocycles. The lowest BCUT2D eigenvalue weighted by Gasteiger charge is -2.14. The second-order valence-electron chi connectivity index (χ2n) is 6.47. The summed E-state index contributed by atoms with van der Waals surface area (Å²) in [6.45, 7) is 10.4. The summed E-state index contributed by atoms with van der Waals surface area (Å²) < 4.78 is 5.61. The number of thiazole rings is 1.